The lowest BCUT2D eigenvalue weighted by Gasteiger charge is -2.05. The molecule has 2 N–H and O–H groups in total. The van der Waals surface area contributed by atoms with Crippen molar-refractivity contribution >= 4 is 48.9 Å². The molecule has 1 aromatic heterocycles. The number of hydrogen-bond acceptors (Lipinski definition) is 6. The first-order valence-electron chi connectivity index (χ1n) is 8.71. The quantitative estimate of drug-likeness (QED) is 0.497. The maximum Gasteiger partial charge on any atom is 0.264 e. The van der Waals surface area contributed by atoms with Crippen molar-refractivity contribution in [2.24, 2.45) is 0 Å². The number of carbonyl (C=O) groups excluding carboxylic acids is 1. The molecule has 146 valence electrons. The van der Waals surface area contributed by atoms with Crippen LogP contribution in [0.4, 0.5) is 10.8 Å². The van der Waals surface area contributed by atoms with Crippen LogP contribution in [0.5, 0.6) is 0 Å². The van der Waals surface area contributed by atoms with Gasteiger partial charge in [0, 0.05) is 22.2 Å². The molecule has 4 aromatic rings. The van der Waals surface area contributed by atoms with E-state index in [1.165, 1.54) is 16.7 Å². The molecule has 4 rings (SSSR count). The minimum atomic E-state index is -3.59. The molecule has 0 bridgehead atoms. The maximum atomic E-state index is 11.9. The number of amides is 1. The molecule has 0 aliphatic rings. The van der Waals surface area contributed by atoms with Crippen LogP contribution in [-0.4, -0.2) is 25.6 Å². The molecule has 1 amide bonds. The van der Waals surface area contributed by atoms with Crippen molar-refractivity contribution in [3.8, 4) is 11.3 Å². The van der Waals surface area contributed by atoms with E-state index in [9.17, 15) is 13.2 Å². The van der Waals surface area contributed by atoms with Crippen LogP contribution in [-0.2, 0) is 10.0 Å². The van der Waals surface area contributed by atoms with E-state index < -0.39 is 15.9 Å². The number of sulfonamides is 1. The molecule has 0 saturated heterocycles. The fourth-order valence-electron chi connectivity index (χ4n) is 2.87. The molecule has 0 radical (unpaired) electrons. The van der Waals surface area contributed by atoms with Gasteiger partial charge in [0.05, 0.1) is 11.9 Å². The van der Waals surface area contributed by atoms with Gasteiger partial charge in [-0.05, 0) is 41.1 Å². The minimum absolute atomic E-state index is 0.261. The average Bonchev–Trinajstić information content (AvgIpc) is 3.15. The number of aromatic nitrogens is 1. The Hall–Kier alpha value is -3.23. The molecule has 6 nitrogen and oxygen atoms in total. The van der Waals surface area contributed by atoms with E-state index in [1.807, 2.05) is 22.2 Å². The Bertz CT molecular complexity index is 1300. The summed E-state index contributed by atoms with van der Waals surface area (Å²) < 4.78 is 24.3. The van der Waals surface area contributed by atoms with Crippen LogP contribution in [0, 0.1) is 0 Å². The first-order chi connectivity index (χ1) is 13.9. The predicted molar refractivity (Wildman–Crippen MR) is 117 cm³/mol. The Morgan fingerprint density at radius 1 is 0.966 bits per heavy atom. The fourth-order valence-corrected chi connectivity index (χ4v) is 4.06. The smallest absolute Gasteiger partial charge is 0.264 e. The highest BCUT2D eigenvalue weighted by atomic mass is 32.2. The lowest BCUT2D eigenvalue weighted by Crippen LogP contribution is -2.29. The first-order valence-corrected chi connectivity index (χ1v) is 11.5. The summed E-state index contributed by atoms with van der Waals surface area (Å²) >= 11 is 1.48. The van der Waals surface area contributed by atoms with Crippen LogP contribution >= 0.6 is 11.3 Å². The summed E-state index contributed by atoms with van der Waals surface area (Å²) in [5.41, 5.74) is 2.94. The largest absolute Gasteiger partial charge is 0.332 e. The fraction of sp³-hybridized carbons (Fsp3) is 0.0476. The summed E-state index contributed by atoms with van der Waals surface area (Å²) in [5.74, 6) is -0.660. The van der Waals surface area contributed by atoms with Gasteiger partial charge in [-0.3, -0.25) is 4.79 Å². The number of anilines is 2. The van der Waals surface area contributed by atoms with Crippen LogP contribution < -0.4 is 10.0 Å². The van der Waals surface area contributed by atoms with Crippen molar-refractivity contribution in [1.82, 2.24) is 9.71 Å². The zero-order chi connectivity index (χ0) is 20.4. The molecule has 0 saturated carbocycles. The van der Waals surface area contributed by atoms with Crippen LogP contribution in [0.25, 0.3) is 22.0 Å². The van der Waals surface area contributed by atoms with Gasteiger partial charge in [-0.15, -0.1) is 11.3 Å². The van der Waals surface area contributed by atoms with Gasteiger partial charge < -0.3 is 5.32 Å². The summed E-state index contributed by atoms with van der Waals surface area (Å²) in [6, 6.07) is 20.9. The standard InChI is InChI=1S/C21H17N3O3S2/c1-29(26,27)24-20(25)15-8-10-18(11-9-15)22-21-23-19(13-28-21)17-7-6-14-4-2-3-5-16(14)12-17/h2-13H,1H3,(H,22,23)(H,24,25). The number of carbonyl (C=O) groups is 1. The SMILES string of the molecule is CS(=O)(=O)NC(=O)c1ccc(Nc2nc(-c3ccc4ccccc4c3)cs2)cc1. The number of rotatable bonds is 5. The van der Waals surface area contributed by atoms with E-state index in [-0.39, 0.29) is 5.56 Å². The number of thiazole rings is 1. The Morgan fingerprint density at radius 2 is 1.69 bits per heavy atom. The van der Waals surface area contributed by atoms with Gasteiger partial charge in [-0.25, -0.2) is 18.1 Å². The van der Waals surface area contributed by atoms with Crippen molar-refractivity contribution in [2.45, 2.75) is 0 Å². The van der Waals surface area contributed by atoms with Crippen molar-refractivity contribution < 1.29 is 13.2 Å². The third-order valence-corrected chi connectivity index (χ3v) is 5.54. The molecule has 0 spiro atoms. The lowest BCUT2D eigenvalue weighted by molar-refractivity contribution is 0.0981. The molecule has 29 heavy (non-hydrogen) atoms. The highest BCUT2D eigenvalue weighted by Gasteiger charge is 2.11. The molecule has 0 fully saturated rings. The second-order valence-electron chi connectivity index (χ2n) is 6.51. The van der Waals surface area contributed by atoms with E-state index in [0.29, 0.717) is 0 Å². The topological polar surface area (TPSA) is 88.2 Å². The molecular weight excluding hydrogens is 406 g/mol. The molecule has 1 heterocycles. The van der Waals surface area contributed by atoms with Crippen molar-refractivity contribution in [2.75, 3.05) is 11.6 Å². The Labute approximate surface area is 172 Å². The van der Waals surface area contributed by atoms with Gasteiger partial charge in [0.1, 0.15) is 0 Å². The monoisotopic (exact) mass is 423 g/mol. The van der Waals surface area contributed by atoms with E-state index in [2.05, 4.69) is 40.6 Å². The second kappa shape index (κ2) is 7.65. The van der Waals surface area contributed by atoms with E-state index in [4.69, 9.17) is 0 Å². The Balaban J connectivity index is 1.49. The zero-order valence-electron chi connectivity index (χ0n) is 15.4. The zero-order valence-corrected chi connectivity index (χ0v) is 17.0. The maximum absolute atomic E-state index is 11.9. The molecule has 0 aliphatic heterocycles. The molecule has 8 heteroatoms. The normalized spacial score (nSPS) is 11.3. The van der Waals surface area contributed by atoms with E-state index in [0.717, 1.165) is 33.7 Å². The number of nitrogens with one attached hydrogen (secondary N) is 2. The van der Waals surface area contributed by atoms with Crippen LogP contribution in [0.15, 0.2) is 72.1 Å². The summed E-state index contributed by atoms with van der Waals surface area (Å²) in [6.07, 6.45) is 0.941. The predicted octanol–water partition coefficient (Wildman–Crippen LogP) is 4.40. The second-order valence-corrected chi connectivity index (χ2v) is 9.11. The van der Waals surface area contributed by atoms with Crippen molar-refractivity contribution in [3.05, 3.63) is 77.7 Å². The Kier molecular flexibility index (Phi) is 5.04. The number of fused-ring (bicyclic) bond motifs is 1. The lowest BCUT2D eigenvalue weighted by atomic mass is 10.1. The van der Waals surface area contributed by atoms with Crippen LogP contribution in [0.2, 0.25) is 0 Å². The minimum Gasteiger partial charge on any atom is -0.332 e. The number of hydrogen-bond donors (Lipinski definition) is 2. The average molecular weight is 424 g/mol. The van der Waals surface area contributed by atoms with Crippen molar-refractivity contribution in [3.63, 3.8) is 0 Å². The third kappa shape index (κ3) is 4.61. The van der Waals surface area contributed by atoms with Gasteiger partial charge in [-0.2, -0.15) is 0 Å². The summed E-state index contributed by atoms with van der Waals surface area (Å²) in [4.78, 5) is 16.5. The molecule has 0 atom stereocenters. The van der Waals surface area contributed by atoms with Gasteiger partial charge in [0.2, 0.25) is 10.0 Å². The van der Waals surface area contributed by atoms with Gasteiger partial charge in [0.25, 0.3) is 5.91 Å². The van der Waals surface area contributed by atoms with Gasteiger partial charge in [-0.1, -0.05) is 36.4 Å². The number of nitrogens with zero attached hydrogens (tertiary/aromatic N) is 1. The molecule has 3 aromatic carbocycles. The third-order valence-electron chi connectivity index (χ3n) is 4.23. The van der Waals surface area contributed by atoms with E-state index >= 15 is 0 Å². The highest BCUT2D eigenvalue weighted by Crippen LogP contribution is 2.29. The first kappa shape index (κ1) is 19.1. The molecule has 0 aliphatic carbocycles. The summed E-state index contributed by atoms with van der Waals surface area (Å²) in [6.45, 7) is 0. The van der Waals surface area contributed by atoms with Gasteiger partial charge >= 0.3 is 0 Å². The number of benzene rings is 3. The van der Waals surface area contributed by atoms with Gasteiger partial charge in [0.15, 0.2) is 5.13 Å². The van der Waals surface area contributed by atoms with E-state index in [1.54, 1.807) is 24.3 Å². The van der Waals surface area contributed by atoms with Crippen LogP contribution in [0.3, 0.4) is 0 Å². The molecular formula is C21H17N3O3S2. The summed E-state index contributed by atoms with van der Waals surface area (Å²) in [5, 5.41) is 8.26. The molecule has 0 unspecified atom stereocenters. The highest BCUT2D eigenvalue weighted by molar-refractivity contribution is 7.89. The van der Waals surface area contributed by atoms with Crippen LogP contribution in [0.1, 0.15) is 10.4 Å². The Morgan fingerprint density at radius 3 is 2.41 bits per heavy atom. The van der Waals surface area contributed by atoms with Crippen molar-refractivity contribution in [1.29, 1.82) is 0 Å². The summed E-state index contributed by atoms with van der Waals surface area (Å²) in [7, 11) is -3.59.